The minimum Gasteiger partial charge on any atom is -0.469 e. The molecule has 1 aromatic carbocycles. The van der Waals surface area contributed by atoms with Crippen LogP contribution in [0.25, 0.3) is 0 Å². The summed E-state index contributed by atoms with van der Waals surface area (Å²) in [4.78, 5) is 12.0. The average molecular weight is 298 g/mol. The number of methoxy groups -OCH3 is 1. The van der Waals surface area contributed by atoms with E-state index in [0.717, 1.165) is 29.4 Å². The molecule has 0 aliphatic carbocycles. The molecule has 2 atom stereocenters. The highest BCUT2D eigenvalue weighted by Gasteiger charge is 2.33. The van der Waals surface area contributed by atoms with Crippen molar-refractivity contribution >= 4 is 21.9 Å². The van der Waals surface area contributed by atoms with Crippen molar-refractivity contribution in [2.75, 3.05) is 13.7 Å². The van der Waals surface area contributed by atoms with Gasteiger partial charge in [0, 0.05) is 10.5 Å². The van der Waals surface area contributed by atoms with Gasteiger partial charge in [-0.05, 0) is 31.0 Å². The largest absolute Gasteiger partial charge is 0.469 e. The Kier molecular flexibility index (Phi) is 4.18. The summed E-state index contributed by atoms with van der Waals surface area (Å²) in [5.74, 6) is -0.394. The highest BCUT2D eigenvalue weighted by Crippen LogP contribution is 2.31. The highest BCUT2D eigenvalue weighted by molar-refractivity contribution is 9.10. The molecule has 1 saturated heterocycles. The number of hydrogen-bond acceptors (Lipinski definition) is 3. The SMILES string of the molecule is COC(=O)[C@H](c1ccccc1Br)[C@@H]1CCCN1. The summed E-state index contributed by atoms with van der Waals surface area (Å²) in [5, 5.41) is 3.38. The highest BCUT2D eigenvalue weighted by atomic mass is 79.9. The van der Waals surface area contributed by atoms with Crippen LogP contribution in [0.2, 0.25) is 0 Å². The Morgan fingerprint density at radius 2 is 2.29 bits per heavy atom. The van der Waals surface area contributed by atoms with Gasteiger partial charge in [0.2, 0.25) is 0 Å². The van der Waals surface area contributed by atoms with Crippen molar-refractivity contribution in [3.8, 4) is 0 Å². The predicted octanol–water partition coefficient (Wildman–Crippen LogP) is 2.46. The van der Waals surface area contributed by atoms with Crippen molar-refractivity contribution in [1.82, 2.24) is 5.32 Å². The van der Waals surface area contributed by atoms with E-state index < -0.39 is 0 Å². The smallest absolute Gasteiger partial charge is 0.314 e. The minimum atomic E-state index is -0.224. The monoisotopic (exact) mass is 297 g/mol. The van der Waals surface area contributed by atoms with Crippen LogP contribution in [0, 0.1) is 0 Å². The van der Waals surface area contributed by atoms with Crippen molar-refractivity contribution in [3.63, 3.8) is 0 Å². The number of carbonyl (C=O) groups is 1. The van der Waals surface area contributed by atoms with Gasteiger partial charge in [-0.3, -0.25) is 4.79 Å². The van der Waals surface area contributed by atoms with Crippen molar-refractivity contribution in [3.05, 3.63) is 34.3 Å². The van der Waals surface area contributed by atoms with Gasteiger partial charge in [-0.1, -0.05) is 34.1 Å². The molecule has 92 valence electrons. The Bertz CT molecular complexity index is 402. The second-order valence-corrected chi connectivity index (χ2v) is 5.08. The zero-order valence-electron chi connectivity index (χ0n) is 9.78. The van der Waals surface area contributed by atoms with Crippen molar-refractivity contribution in [2.24, 2.45) is 0 Å². The molecule has 1 N–H and O–H groups in total. The van der Waals surface area contributed by atoms with Gasteiger partial charge in [-0.25, -0.2) is 0 Å². The van der Waals surface area contributed by atoms with Crippen molar-refractivity contribution in [1.29, 1.82) is 0 Å². The molecule has 0 amide bonds. The summed E-state index contributed by atoms with van der Waals surface area (Å²) in [5.41, 5.74) is 0.999. The first kappa shape index (κ1) is 12.6. The first-order valence-electron chi connectivity index (χ1n) is 5.79. The van der Waals surface area contributed by atoms with Crippen LogP contribution in [-0.4, -0.2) is 25.7 Å². The zero-order chi connectivity index (χ0) is 12.3. The molecule has 1 aliphatic rings. The van der Waals surface area contributed by atoms with Crippen LogP contribution < -0.4 is 5.32 Å². The van der Waals surface area contributed by atoms with Gasteiger partial charge in [0.05, 0.1) is 13.0 Å². The number of esters is 1. The van der Waals surface area contributed by atoms with E-state index >= 15 is 0 Å². The number of carbonyl (C=O) groups excluding carboxylic acids is 1. The van der Waals surface area contributed by atoms with E-state index in [0.29, 0.717) is 0 Å². The molecule has 0 aromatic heterocycles. The number of halogens is 1. The second kappa shape index (κ2) is 5.65. The Morgan fingerprint density at radius 3 is 2.88 bits per heavy atom. The molecule has 17 heavy (non-hydrogen) atoms. The minimum absolute atomic E-state index is 0.170. The molecule has 4 heteroatoms. The number of benzene rings is 1. The van der Waals surface area contributed by atoms with E-state index in [9.17, 15) is 4.79 Å². The first-order valence-corrected chi connectivity index (χ1v) is 6.59. The van der Waals surface area contributed by atoms with Crippen LogP contribution in [-0.2, 0) is 9.53 Å². The van der Waals surface area contributed by atoms with Crippen molar-refractivity contribution in [2.45, 2.75) is 24.8 Å². The molecule has 1 aliphatic heterocycles. The number of nitrogens with one attached hydrogen (secondary N) is 1. The third-order valence-electron chi connectivity index (χ3n) is 3.20. The van der Waals surface area contributed by atoms with Gasteiger partial charge in [0.25, 0.3) is 0 Å². The molecular formula is C13H16BrNO2. The maximum atomic E-state index is 12.0. The summed E-state index contributed by atoms with van der Waals surface area (Å²) >= 11 is 3.51. The Balaban J connectivity index is 2.32. The molecule has 1 aromatic rings. The summed E-state index contributed by atoms with van der Waals surface area (Å²) in [6, 6.07) is 8.02. The third-order valence-corrected chi connectivity index (χ3v) is 3.92. The topological polar surface area (TPSA) is 38.3 Å². The van der Waals surface area contributed by atoms with E-state index in [2.05, 4.69) is 21.2 Å². The molecule has 0 saturated carbocycles. The van der Waals surface area contributed by atoms with Crippen LogP contribution in [0.5, 0.6) is 0 Å². The molecule has 0 bridgehead atoms. The average Bonchev–Trinajstić information content (AvgIpc) is 2.85. The van der Waals surface area contributed by atoms with Gasteiger partial charge in [-0.2, -0.15) is 0 Å². The number of ether oxygens (including phenoxy) is 1. The number of hydrogen-bond donors (Lipinski definition) is 1. The van der Waals surface area contributed by atoms with Crippen LogP contribution in [0.1, 0.15) is 24.3 Å². The van der Waals surface area contributed by atoms with E-state index in [1.165, 1.54) is 7.11 Å². The first-order chi connectivity index (χ1) is 8.24. The second-order valence-electron chi connectivity index (χ2n) is 4.23. The van der Waals surface area contributed by atoms with E-state index in [-0.39, 0.29) is 17.9 Å². The predicted molar refractivity (Wildman–Crippen MR) is 69.9 cm³/mol. The molecule has 2 rings (SSSR count). The lowest BCUT2D eigenvalue weighted by atomic mass is 9.90. The Hall–Kier alpha value is -0.870. The lowest BCUT2D eigenvalue weighted by Crippen LogP contribution is -2.34. The Labute approximate surface area is 110 Å². The fraction of sp³-hybridized carbons (Fsp3) is 0.462. The summed E-state index contributed by atoms with van der Waals surface area (Å²) in [6.45, 7) is 0.975. The van der Waals surface area contributed by atoms with Crippen molar-refractivity contribution < 1.29 is 9.53 Å². The molecule has 3 nitrogen and oxygen atoms in total. The maximum absolute atomic E-state index is 12.0. The Morgan fingerprint density at radius 1 is 1.53 bits per heavy atom. The molecule has 1 heterocycles. The third kappa shape index (κ3) is 2.69. The summed E-state index contributed by atoms with van der Waals surface area (Å²) in [7, 11) is 1.45. The van der Waals surface area contributed by atoms with Crippen LogP contribution >= 0.6 is 15.9 Å². The van der Waals surface area contributed by atoms with Gasteiger partial charge in [-0.15, -0.1) is 0 Å². The van der Waals surface area contributed by atoms with Gasteiger partial charge >= 0.3 is 5.97 Å². The lowest BCUT2D eigenvalue weighted by molar-refractivity contribution is -0.143. The van der Waals surface area contributed by atoms with Crippen LogP contribution in [0.4, 0.5) is 0 Å². The lowest BCUT2D eigenvalue weighted by Gasteiger charge is -2.22. The molecule has 0 radical (unpaired) electrons. The fourth-order valence-electron chi connectivity index (χ4n) is 2.36. The number of rotatable bonds is 3. The van der Waals surface area contributed by atoms with Gasteiger partial charge < -0.3 is 10.1 Å². The van der Waals surface area contributed by atoms with E-state index in [1.807, 2.05) is 24.3 Å². The van der Waals surface area contributed by atoms with E-state index in [4.69, 9.17) is 4.74 Å². The van der Waals surface area contributed by atoms with Crippen LogP contribution in [0.3, 0.4) is 0 Å². The molecule has 0 unspecified atom stereocenters. The standard InChI is InChI=1S/C13H16BrNO2/c1-17-13(16)12(11-7-4-8-15-11)9-5-2-3-6-10(9)14/h2-3,5-6,11-12,15H,4,7-8H2,1H3/t11-,12+/m0/s1. The molecule has 0 spiro atoms. The quantitative estimate of drug-likeness (QED) is 0.871. The zero-order valence-corrected chi connectivity index (χ0v) is 11.4. The van der Waals surface area contributed by atoms with Gasteiger partial charge in [0.1, 0.15) is 0 Å². The fourth-order valence-corrected chi connectivity index (χ4v) is 2.89. The summed E-state index contributed by atoms with van der Waals surface area (Å²) < 4.78 is 5.90. The van der Waals surface area contributed by atoms with E-state index in [1.54, 1.807) is 0 Å². The molecular weight excluding hydrogens is 282 g/mol. The summed E-state index contributed by atoms with van der Waals surface area (Å²) in [6.07, 6.45) is 2.13. The normalized spacial score (nSPS) is 21.2. The molecule has 1 fully saturated rings. The van der Waals surface area contributed by atoms with Gasteiger partial charge in [0.15, 0.2) is 0 Å². The van der Waals surface area contributed by atoms with Crippen LogP contribution in [0.15, 0.2) is 28.7 Å². The maximum Gasteiger partial charge on any atom is 0.314 e.